The normalized spacial score (nSPS) is 17.5. The second kappa shape index (κ2) is 9.46. The molecule has 1 heterocycles. The molecule has 0 saturated carbocycles. The second-order valence-corrected chi connectivity index (χ2v) is 7.33. The molecular weight excluding hydrogens is 326 g/mol. The Kier molecular flexibility index (Phi) is 7.30. The average molecular weight is 360 g/mol. The lowest BCUT2D eigenvalue weighted by molar-refractivity contribution is -0.133. The predicted molar refractivity (Wildman–Crippen MR) is 109 cm³/mol. The predicted octanol–water partition coefficient (Wildman–Crippen LogP) is 2.06. The topological polar surface area (TPSA) is 60.0 Å². The van der Waals surface area contributed by atoms with Gasteiger partial charge < -0.3 is 20.4 Å². The van der Waals surface area contributed by atoms with Gasteiger partial charge in [0.05, 0.1) is 6.54 Å². The van der Waals surface area contributed by atoms with Gasteiger partial charge in [-0.15, -0.1) is 0 Å². The van der Waals surface area contributed by atoms with Gasteiger partial charge in [0, 0.05) is 51.4 Å². The monoisotopic (exact) mass is 359 g/mol. The van der Waals surface area contributed by atoms with Crippen molar-refractivity contribution in [3.8, 4) is 0 Å². The molecule has 6 nitrogen and oxygen atoms in total. The third-order valence-corrected chi connectivity index (χ3v) is 4.53. The van der Waals surface area contributed by atoms with E-state index in [1.165, 1.54) is 11.3 Å². The molecule has 2 N–H and O–H groups in total. The van der Waals surface area contributed by atoms with Gasteiger partial charge in [-0.1, -0.05) is 26.0 Å². The lowest BCUT2D eigenvalue weighted by Crippen LogP contribution is -2.45. The Balaban J connectivity index is 1.97. The van der Waals surface area contributed by atoms with Gasteiger partial charge in [0.2, 0.25) is 5.91 Å². The van der Waals surface area contributed by atoms with Crippen molar-refractivity contribution in [1.29, 1.82) is 0 Å². The van der Waals surface area contributed by atoms with E-state index in [0.29, 0.717) is 6.54 Å². The number of nitrogens with one attached hydrogen (secondary N) is 2. The molecule has 0 spiro atoms. The molecule has 6 heteroatoms. The number of hydrogen-bond donors (Lipinski definition) is 2. The van der Waals surface area contributed by atoms with Crippen LogP contribution in [0, 0.1) is 5.92 Å². The average Bonchev–Trinajstić information content (AvgIpc) is 3.07. The number of carbonyl (C=O) groups excluding carboxylic acids is 1. The van der Waals surface area contributed by atoms with E-state index in [0.717, 1.165) is 32.0 Å². The molecule has 1 aliphatic heterocycles. The highest BCUT2D eigenvalue weighted by molar-refractivity contribution is 5.81. The number of rotatable bonds is 6. The number of hydrogen-bond acceptors (Lipinski definition) is 3. The fourth-order valence-corrected chi connectivity index (χ4v) is 3.06. The first-order valence-corrected chi connectivity index (χ1v) is 9.50. The van der Waals surface area contributed by atoms with E-state index in [-0.39, 0.29) is 17.9 Å². The zero-order chi connectivity index (χ0) is 19.1. The summed E-state index contributed by atoms with van der Waals surface area (Å²) in [4.78, 5) is 20.9. The third-order valence-electron chi connectivity index (χ3n) is 4.53. The van der Waals surface area contributed by atoms with Crippen molar-refractivity contribution in [1.82, 2.24) is 15.5 Å². The Hall–Kier alpha value is -2.24. The Morgan fingerprint density at radius 1 is 1.38 bits per heavy atom. The minimum atomic E-state index is 0.0552. The number of nitrogens with zero attached hydrogens (tertiary/aromatic N) is 3. The third kappa shape index (κ3) is 5.64. The quantitative estimate of drug-likeness (QED) is 0.603. The molecule has 1 amide bonds. The maximum absolute atomic E-state index is 12.1. The molecule has 1 unspecified atom stereocenters. The minimum absolute atomic E-state index is 0.0552. The molecular formula is C20H33N5O. The van der Waals surface area contributed by atoms with Crippen molar-refractivity contribution >= 4 is 17.6 Å². The Bertz CT molecular complexity index is 626. The maximum Gasteiger partial charge on any atom is 0.225 e. The Labute approximate surface area is 157 Å². The van der Waals surface area contributed by atoms with Crippen LogP contribution in [0.15, 0.2) is 29.3 Å². The van der Waals surface area contributed by atoms with E-state index < -0.39 is 0 Å². The van der Waals surface area contributed by atoms with Crippen molar-refractivity contribution < 1.29 is 4.79 Å². The van der Waals surface area contributed by atoms with Crippen molar-refractivity contribution in [2.75, 3.05) is 38.6 Å². The van der Waals surface area contributed by atoms with E-state index in [2.05, 4.69) is 46.7 Å². The van der Waals surface area contributed by atoms with Crippen molar-refractivity contribution in [2.24, 2.45) is 10.9 Å². The molecule has 1 fully saturated rings. The lowest BCUT2D eigenvalue weighted by Gasteiger charge is -2.20. The van der Waals surface area contributed by atoms with Crippen molar-refractivity contribution in [2.45, 2.75) is 39.8 Å². The molecule has 1 aromatic carbocycles. The number of benzene rings is 1. The SMILES string of the molecule is CCNC(=NCc1cccc(N(C)C)c1)NC1CCN(C(=O)C(C)C)C1. The summed E-state index contributed by atoms with van der Waals surface area (Å²) in [5.74, 6) is 1.10. The maximum atomic E-state index is 12.1. The molecule has 1 saturated heterocycles. The zero-order valence-corrected chi connectivity index (χ0v) is 16.7. The summed E-state index contributed by atoms with van der Waals surface area (Å²) in [6, 6.07) is 8.66. The molecule has 0 aliphatic carbocycles. The summed E-state index contributed by atoms with van der Waals surface area (Å²) in [5.41, 5.74) is 2.35. The fraction of sp³-hybridized carbons (Fsp3) is 0.600. The van der Waals surface area contributed by atoms with Crippen LogP contribution in [-0.2, 0) is 11.3 Å². The molecule has 0 bridgehead atoms. The number of likely N-dealkylation sites (tertiary alicyclic amines) is 1. The van der Waals surface area contributed by atoms with Crippen LogP contribution in [0.3, 0.4) is 0 Å². The fourth-order valence-electron chi connectivity index (χ4n) is 3.06. The smallest absolute Gasteiger partial charge is 0.225 e. The summed E-state index contributed by atoms with van der Waals surface area (Å²) in [6.07, 6.45) is 0.957. The largest absolute Gasteiger partial charge is 0.378 e. The van der Waals surface area contributed by atoms with Crippen LogP contribution < -0.4 is 15.5 Å². The van der Waals surface area contributed by atoms with Gasteiger partial charge in [-0.2, -0.15) is 0 Å². The van der Waals surface area contributed by atoms with Gasteiger partial charge in [0.1, 0.15) is 0 Å². The summed E-state index contributed by atoms with van der Waals surface area (Å²) in [7, 11) is 4.08. The standard InChI is InChI=1S/C20H33N5O/c1-6-21-20(22-13-16-8-7-9-18(12-16)24(4)5)23-17-10-11-25(14-17)19(26)15(2)3/h7-9,12,15,17H,6,10-11,13-14H2,1-5H3,(H2,21,22,23). The van der Waals surface area contributed by atoms with Gasteiger partial charge >= 0.3 is 0 Å². The first-order chi connectivity index (χ1) is 12.4. The summed E-state index contributed by atoms with van der Waals surface area (Å²) >= 11 is 0. The summed E-state index contributed by atoms with van der Waals surface area (Å²) in [5, 5.41) is 6.79. The van der Waals surface area contributed by atoms with Crippen LogP contribution in [0.5, 0.6) is 0 Å². The molecule has 2 rings (SSSR count). The highest BCUT2D eigenvalue weighted by atomic mass is 16.2. The highest BCUT2D eigenvalue weighted by Crippen LogP contribution is 2.15. The van der Waals surface area contributed by atoms with E-state index >= 15 is 0 Å². The molecule has 1 aliphatic rings. The van der Waals surface area contributed by atoms with Gasteiger partial charge in [0.25, 0.3) is 0 Å². The molecule has 144 valence electrons. The lowest BCUT2D eigenvalue weighted by atomic mass is 10.2. The van der Waals surface area contributed by atoms with Crippen LogP contribution in [0.2, 0.25) is 0 Å². The second-order valence-electron chi connectivity index (χ2n) is 7.33. The molecule has 26 heavy (non-hydrogen) atoms. The number of aliphatic imine (C=N–C) groups is 1. The molecule has 0 radical (unpaired) electrons. The van der Waals surface area contributed by atoms with E-state index in [1.807, 2.05) is 32.8 Å². The van der Waals surface area contributed by atoms with Crippen LogP contribution in [0.1, 0.15) is 32.8 Å². The first-order valence-electron chi connectivity index (χ1n) is 9.50. The molecule has 1 atom stereocenters. The first kappa shape index (κ1) is 20.1. The minimum Gasteiger partial charge on any atom is -0.378 e. The highest BCUT2D eigenvalue weighted by Gasteiger charge is 2.27. The molecule has 1 aromatic rings. The Morgan fingerprint density at radius 3 is 2.81 bits per heavy atom. The number of anilines is 1. The number of amides is 1. The van der Waals surface area contributed by atoms with Gasteiger partial charge in [-0.3, -0.25) is 4.79 Å². The summed E-state index contributed by atoms with van der Waals surface area (Å²) in [6.45, 7) is 8.97. The number of guanidine groups is 1. The van der Waals surface area contributed by atoms with Crippen LogP contribution in [-0.4, -0.2) is 56.5 Å². The van der Waals surface area contributed by atoms with E-state index in [9.17, 15) is 4.79 Å². The van der Waals surface area contributed by atoms with Crippen molar-refractivity contribution in [3.63, 3.8) is 0 Å². The van der Waals surface area contributed by atoms with Gasteiger partial charge in [-0.05, 0) is 31.0 Å². The number of carbonyl (C=O) groups is 1. The van der Waals surface area contributed by atoms with Crippen LogP contribution in [0.4, 0.5) is 5.69 Å². The van der Waals surface area contributed by atoms with Crippen molar-refractivity contribution in [3.05, 3.63) is 29.8 Å². The zero-order valence-electron chi connectivity index (χ0n) is 16.7. The summed E-state index contributed by atoms with van der Waals surface area (Å²) < 4.78 is 0. The van der Waals surface area contributed by atoms with Crippen LogP contribution in [0.25, 0.3) is 0 Å². The van der Waals surface area contributed by atoms with E-state index in [4.69, 9.17) is 4.99 Å². The molecule has 0 aromatic heterocycles. The van der Waals surface area contributed by atoms with E-state index in [1.54, 1.807) is 0 Å². The van der Waals surface area contributed by atoms with Gasteiger partial charge in [-0.25, -0.2) is 4.99 Å². The Morgan fingerprint density at radius 2 is 2.15 bits per heavy atom. The van der Waals surface area contributed by atoms with Gasteiger partial charge in [0.15, 0.2) is 5.96 Å². The van der Waals surface area contributed by atoms with Crippen LogP contribution >= 0.6 is 0 Å².